The second-order valence-electron chi connectivity index (χ2n) is 8.31. The number of ketones is 1. The number of carbonyl (C=O) groups excluding carboxylic acids is 1. The zero-order valence-corrected chi connectivity index (χ0v) is 17.0. The Morgan fingerprint density at radius 2 is 2.08 bits per heavy atom. The minimum atomic E-state index is -0.220. The van der Waals surface area contributed by atoms with Crippen molar-refractivity contribution in [3.8, 4) is 0 Å². The van der Waals surface area contributed by atoms with Crippen molar-refractivity contribution in [2.24, 2.45) is 17.8 Å². The first-order chi connectivity index (χ1) is 11.9. The average Bonchev–Trinajstić information content (AvgIpc) is 2.58. The van der Waals surface area contributed by atoms with E-state index in [0.29, 0.717) is 36.5 Å². The van der Waals surface area contributed by atoms with E-state index in [2.05, 4.69) is 32.2 Å². The van der Waals surface area contributed by atoms with E-state index < -0.39 is 0 Å². The molecule has 0 saturated carbocycles. The lowest BCUT2D eigenvalue weighted by Crippen LogP contribution is -2.27. The highest BCUT2D eigenvalue weighted by molar-refractivity contribution is 5.94. The summed E-state index contributed by atoms with van der Waals surface area (Å²) < 4.78 is 0. The SMILES string of the molecule is CCCNC[C@@H](O)CCCCC1CCC(=O)/C(C)=C\CC(C)CC1C. The summed E-state index contributed by atoms with van der Waals surface area (Å²) in [5, 5.41) is 13.3. The Morgan fingerprint density at radius 1 is 1.32 bits per heavy atom. The Balaban J connectivity index is 2.39. The molecule has 146 valence electrons. The molecule has 1 rings (SSSR count). The minimum absolute atomic E-state index is 0.220. The first-order valence-electron chi connectivity index (χ1n) is 10.5. The number of hydrogen-bond donors (Lipinski definition) is 2. The van der Waals surface area contributed by atoms with Crippen molar-refractivity contribution in [3.63, 3.8) is 0 Å². The number of nitrogens with one attached hydrogen (secondary N) is 1. The summed E-state index contributed by atoms with van der Waals surface area (Å²) in [7, 11) is 0. The van der Waals surface area contributed by atoms with E-state index in [1.54, 1.807) is 0 Å². The molecule has 0 bridgehead atoms. The lowest BCUT2D eigenvalue weighted by molar-refractivity contribution is -0.116. The highest BCUT2D eigenvalue weighted by Crippen LogP contribution is 2.31. The number of Topliss-reactive ketones (excluding diaryl/α,β-unsaturated/α-hetero) is 1. The third-order valence-corrected chi connectivity index (χ3v) is 5.76. The van der Waals surface area contributed by atoms with Crippen molar-refractivity contribution >= 4 is 5.78 Å². The first kappa shape index (κ1) is 22.4. The van der Waals surface area contributed by atoms with Crippen LogP contribution >= 0.6 is 0 Å². The molecule has 1 aliphatic carbocycles. The van der Waals surface area contributed by atoms with Gasteiger partial charge in [0.15, 0.2) is 5.78 Å². The van der Waals surface area contributed by atoms with Crippen LogP contribution in [0.4, 0.5) is 0 Å². The van der Waals surface area contributed by atoms with Crippen LogP contribution in [-0.4, -0.2) is 30.1 Å². The molecule has 0 fully saturated rings. The normalized spacial score (nSPS) is 29.1. The number of aliphatic hydroxyl groups excluding tert-OH is 1. The van der Waals surface area contributed by atoms with E-state index in [4.69, 9.17) is 0 Å². The van der Waals surface area contributed by atoms with E-state index in [0.717, 1.165) is 50.6 Å². The van der Waals surface area contributed by atoms with Gasteiger partial charge < -0.3 is 10.4 Å². The smallest absolute Gasteiger partial charge is 0.158 e. The molecule has 0 radical (unpaired) electrons. The summed E-state index contributed by atoms with van der Waals surface area (Å²) >= 11 is 0. The third kappa shape index (κ3) is 9.55. The molecule has 0 saturated heterocycles. The Bertz CT molecular complexity index is 405. The fourth-order valence-electron chi connectivity index (χ4n) is 3.98. The quantitative estimate of drug-likeness (QED) is 0.582. The van der Waals surface area contributed by atoms with Gasteiger partial charge in [0, 0.05) is 13.0 Å². The van der Waals surface area contributed by atoms with Gasteiger partial charge in [-0.15, -0.1) is 0 Å². The molecule has 0 aromatic heterocycles. The first-order valence-corrected chi connectivity index (χ1v) is 10.5. The molecular weight excluding hydrogens is 310 g/mol. The maximum Gasteiger partial charge on any atom is 0.158 e. The number of hydrogen-bond acceptors (Lipinski definition) is 3. The molecule has 1 aliphatic rings. The molecule has 0 amide bonds. The Hall–Kier alpha value is -0.670. The van der Waals surface area contributed by atoms with Crippen LogP contribution in [0.2, 0.25) is 0 Å². The fraction of sp³-hybridized carbons (Fsp3) is 0.864. The molecule has 0 heterocycles. The number of unbranched alkanes of at least 4 members (excludes halogenated alkanes) is 1. The topological polar surface area (TPSA) is 49.3 Å². The maximum absolute atomic E-state index is 12.2. The van der Waals surface area contributed by atoms with Gasteiger partial charge in [0.05, 0.1) is 6.10 Å². The second kappa shape index (κ2) is 12.6. The Kier molecular flexibility index (Phi) is 11.3. The summed E-state index contributed by atoms with van der Waals surface area (Å²) in [6, 6.07) is 0. The molecule has 3 heteroatoms. The van der Waals surface area contributed by atoms with Crippen LogP contribution in [0.1, 0.15) is 85.5 Å². The van der Waals surface area contributed by atoms with Crippen LogP contribution in [-0.2, 0) is 4.79 Å². The molecule has 3 nitrogen and oxygen atoms in total. The molecule has 4 atom stereocenters. The Labute approximate surface area is 155 Å². The number of allylic oxidation sites excluding steroid dienone is 2. The molecule has 25 heavy (non-hydrogen) atoms. The lowest BCUT2D eigenvalue weighted by Gasteiger charge is -2.27. The fourth-order valence-corrected chi connectivity index (χ4v) is 3.98. The summed E-state index contributed by atoms with van der Waals surface area (Å²) in [5.74, 6) is 2.33. The van der Waals surface area contributed by atoms with Gasteiger partial charge in [-0.3, -0.25) is 4.79 Å². The third-order valence-electron chi connectivity index (χ3n) is 5.76. The van der Waals surface area contributed by atoms with E-state index in [1.165, 1.54) is 12.8 Å². The summed E-state index contributed by atoms with van der Waals surface area (Å²) in [4.78, 5) is 12.2. The van der Waals surface area contributed by atoms with Gasteiger partial charge in [-0.25, -0.2) is 0 Å². The largest absolute Gasteiger partial charge is 0.392 e. The van der Waals surface area contributed by atoms with E-state index >= 15 is 0 Å². The van der Waals surface area contributed by atoms with Crippen LogP contribution < -0.4 is 5.32 Å². The van der Waals surface area contributed by atoms with Crippen LogP contribution in [0, 0.1) is 17.8 Å². The van der Waals surface area contributed by atoms with E-state index in [-0.39, 0.29) is 6.10 Å². The zero-order valence-electron chi connectivity index (χ0n) is 17.0. The molecule has 0 aromatic carbocycles. The number of rotatable bonds is 9. The van der Waals surface area contributed by atoms with Gasteiger partial charge in [0.2, 0.25) is 0 Å². The van der Waals surface area contributed by atoms with Crippen LogP contribution in [0.25, 0.3) is 0 Å². The van der Waals surface area contributed by atoms with Gasteiger partial charge in [0.1, 0.15) is 0 Å². The predicted molar refractivity (Wildman–Crippen MR) is 107 cm³/mol. The van der Waals surface area contributed by atoms with Gasteiger partial charge in [-0.1, -0.05) is 46.1 Å². The lowest BCUT2D eigenvalue weighted by atomic mass is 9.78. The van der Waals surface area contributed by atoms with Gasteiger partial charge in [-0.05, 0) is 68.9 Å². The minimum Gasteiger partial charge on any atom is -0.392 e. The molecule has 0 aliphatic heterocycles. The van der Waals surface area contributed by atoms with Gasteiger partial charge in [-0.2, -0.15) is 0 Å². The Morgan fingerprint density at radius 3 is 2.80 bits per heavy atom. The summed E-state index contributed by atoms with van der Waals surface area (Å²) in [5.41, 5.74) is 0.961. The highest BCUT2D eigenvalue weighted by atomic mass is 16.3. The molecule has 2 N–H and O–H groups in total. The van der Waals surface area contributed by atoms with E-state index in [9.17, 15) is 9.90 Å². The molecule has 0 aromatic rings. The zero-order chi connectivity index (χ0) is 18.7. The maximum atomic E-state index is 12.2. The van der Waals surface area contributed by atoms with Gasteiger partial charge >= 0.3 is 0 Å². The highest BCUT2D eigenvalue weighted by Gasteiger charge is 2.22. The van der Waals surface area contributed by atoms with Crippen LogP contribution in [0.5, 0.6) is 0 Å². The van der Waals surface area contributed by atoms with Crippen LogP contribution in [0.15, 0.2) is 11.6 Å². The van der Waals surface area contributed by atoms with Crippen molar-refractivity contribution in [1.29, 1.82) is 0 Å². The number of aliphatic hydroxyl groups is 1. The molecule has 3 unspecified atom stereocenters. The van der Waals surface area contributed by atoms with Crippen molar-refractivity contribution < 1.29 is 9.90 Å². The second-order valence-corrected chi connectivity index (χ2v) is 8.31. The standard InChI is InChI=1S/C22H41NO2/c1-5-14-23-16-21(24)9-7-6-8-20-12-13-22(25)18(3)11-10-17(2)15-19(20)4/h11,17,19-21,23-24H,5-10,12-16H2,1-4H3/b18-11-/t17?,19?,20?,21-/m0/s1. The van der Waals surface area contributed by atoms with E-state index in [1.807, 2.05) is 6.92 Å². The van der Waals surface area contributed by atoms with Crippen molar-refractivity contribution in [2.45, 2.75) is 91.6 Å². The van der Waals surface area contributed by atoms with Crippen molar-refractivity contribution in [3.05, 3.63) is 11.6 Å². The van der Waals surface area contributed by atoms with Crippen LogP contribution in [0.3, 0.4) is 0 Å². The van der Waals surface area contributed by atoms with Gasteiger partial charge in [0.25, 0.3) is 0 Å². The summed E-state index contributed by atoms with van der Waals surface area (Å²) in [6.07, 6.45) is 11.4. The predicted octanol–water partition coefficient (Wildman–Crippen LogP) is 4.89. The number of carbonyl (C=O) groups is 1. The average molecular weight is 352 g/mol. The monoisotopic (exact) mass is 351 g/mol. The summed E-state index contributed by atoms with van der Waals surface area (Å²) in [6.45, 7) is 10.5. The van der Waals surface area contributed by atoms with Crippen molar-refractivity contribution in [2.75, 3.05) is 13.1 Å². The van der Waals surface area contributed by atoms with Crippen molar-refractivity contribution in [1.82, 2.24) is 5.32 Å². The molecular formula is C22H41NO2. The molecule has 0 spiro atoms.